The molecule has 0 bridgehead atoms. The lowest BCUT2D eigenvalue weighted by atomic mass is 9.90. The Morgan fingerprint density at radius 3 is 2.67 bits per heavy atom. The Hall–Kier alpha value is -0.320. The average Bonchev–Trinajstić information content (AvgIpc) is 2.28. The molecule has 98 valence electrons. The first-order valence-electron chi connectivity index (χ1n) is 6.16. The van der Waals surface area contributed by atoms with Crippen molar-refractivity contribution in [3.63, 3.8) is 0 Å². The molecule has 0 amide bonds. The second-order valence-electron chi connectivity index (χ2n) is 5.55. The van der Waals surface area contributed by atoms with E-state index in [1.165, 1.54) is 5.56 Å². The van der Waals surface area contributed by atoms with Gasteiger partial charge in [0.2, 0.25) is 0 Å². The van der Waals surface area contributed by atoms with Gasteiger partial charge >= 0.3 is 0 Å². The van der Waals surface area contributed by atoms with E-state index in [1.54, 1.807) is 0 Å². The van der Waals surface area contributed by atoms with Crippen LogP contribution in [0.2, 0.25) is 0 Å². The van der Waals surface area contributed by atoms with E-state index in [0.29, 0.717) is 0 Å². The van der Waals surface area contributed by atoms with Crippen molar-refractivity contribution in [2.24, 2.45) is 4.40 Å². The highest BCUT2D eigenvalue weighted by Crippen LogP contribution is 2.27. The quantitative estimate of drug-likeness (QED) is 0.717. The Kier molecular flexibility index (Phi) is 4.19. The van der Waals surface area contributed by atoms with Crippen LogP contribution in [0.5, 0.6) is 0 Å². The van der Waals surface area contributed by atoms with Gasteiger partial charge < -0.3 is 4.55 Å². The van der Waals surface area contributed by atoms with Crippen LogP contribution in [-0.4, -0.2) is 15.0 Å². The lowest BCUT2D eigenvalue weighted by Crippen LogP contribution is -2.27. The minimum atomic E-state index is -1.18. The first-order chi connectivity index (χ1) is 8.38. The zero-order valence-corrected chi connectivity index (χ0v) is 13.4. The Balaban J connectivity index is 2.38. The molecule has 0 aliphatic heterocycles. The van der Waals surface area contributed by atoms with Crippen molar-refractivity contribution >= 4 is 33.0 Å². The number of hydrogen-bond donors (Lipinski definition) is 0. The van der Waals surface area contributed by atoms with Crippen molar-refractivity contribution in [3.05, 3.63) is 33.8 Å². The molecule has 2 nitrogen and oxygen atoms in total. The monoisotopic (exact) mass is 327 g/mol. The summed E-state index contributed by atoms with van der Waals surface area (Å²) >= 11 is 2.32. The summed E-state index contributed by atoms with van der Waals surface area (Å²) in [7, 11) is 0. The van der Waals surface area contributed by atoms with Gasteiger partial charge in [-0.3, -0.25) is 0 Å². The van der Waals surface area contributed by atoms with Gasteiger partial charge in [-0.2, -0.15) is 0 Å². The summed E-state index contributed by atoms with van der Waals surface area (Å²) < 4.78 is 17.4. The van der Waals surface area contributed by atoms with E-state index in [1.807, 2.05) is 20.8 Å². The highest BCUT2D eigenvalue weighted by atomic mass is 79.9. The Morgan fingerprint density at radius 1 is 1.28 bits per heavy atom. The number of rotatable bonds is 1. The topological polar surface area (TPSA) is 35.4 Å². The van der Waals surface area contributed by atoms with Crippen LogP contribution >= 0.6 is 15.9 Å². The molecule has 4 heteroatoms. The Bertz CT molecular complexity index is 479. The van der Waals surface area contributed by atoms with E-state index in [-0.39, 0.29) is 4.75 Å². The van der Waals surface area contributed by atoms with Crippen molar-refractivity contribution in [2.75, 3.05) is 0 Å². The predicted octanol–water partition coefficient (Wildman–Crippen LogP) is 4.04. The second-order valence-corrected chi connectivity index (χ2v) is 8.38. The summed E-state index contributed by atoms with van der Waals surface area (Å²) in [6.45, 7) is 5.87. The number of nitrogens with zero attached hydrogens (tertiary/aromatic N) is 1. The molecule has 0 saturated heterocycles. The molecule has 0 spiro atoms. The number of aryl methyl sites for hydroxylation is 1. The van der Waals surface area contributed by atoms with Gasteiger partial charge in [0.1, 0.15) is 16.1 Å². The zero-order chi connectivity index (χ0) is 13.3. The van der Waals surface area contributed by atoms with Crippen LogP contribution in [0.3, 0.4) is 0 Å². The van der Waals surface area contributed by atoms with E-state index < -0.39 is 11.4 Å². The molecule has 0 aromatic heterocycles. The van der Waals surface area contributed by atoms with Crippen molar-refractivity contribution < 1.29 is 4.55 Å². The molecular formula is C14H18BrNOS. The molecule has 1 aromatic rings. The highest BCUT2D eigenvalue weighted by molar-refractivity contribution is 9.10. The van der Waals surface area contributed by atoms with Crippen LogP contribution in [0.25, 0.3) is 0 Å². The fourth-order valence-electron chi connectivity index (χ4n) is 1.95. The lowest BCUT2D eigenvalue weighted by Gasteiger charge is -2.22. The summed E-state index contributed by atoms with van der Waals surface area (Å²) in [4.78, 5) is 0. The maximum atomic E-state index is 12.1. The van der Waals surface area contributed by atoms with E-state index in [2.05, 4.69) is 38.5 Å². The van der Waals surface area contributed by atoms with Gasteiger partial charge in [0, 0.05) is 10.0 Å². The molecule has 1 aliphatic rings. The maximum Gasteiger partial charge on any atom is 0.144 e. The Morgan fingerprint density at radius 2 is 2.00 bits per heavy atom. The van der Waals surface area contributed by atoms with E-state index in [9.17, 15) is 4.55 Å². The highest BCUT2D eigenvalue weighted by Gasteiger charge is 2.28. The van der Waals surface area contributed by atoms with Crippen molar-refractivity contribution in [3.8, 4) is 0 Å². The van der Waals surface area contributed by atoms with Gasteiger partial charge in [-0.1, -0.05) is 26.4 Å². The van der Waals surface area contributed by atoms with Gasteiger partial charge in [0.25, 0.3) is 0 Å². The average molecular weight is 328 g/mol. The van der Waals surface area contributed by atoms with E-state index >= 15 is 0 Å². The summed E-state index contributed by atoms with van der Waals surface area (Å²) in [6, 6.07) is 6.28. The van der Waals surface area contributed by atoms with Crippen LogP contribution in [0, 0.1) is 0 Å². The molecule has 1 aliphatic carbocycles. The largest absolute Gasteiger partial charge is 0.591 e. The first kappa shape index (κ1) is 14.1. The molecule has 0 saturated carbocycles. The van der Waals surface area contributed by atoms with Crippen LogP contribution in [0.15, 0.2) is 27.1 Å². The fourth-order valence-corrected chi connectivity index (χ4v) is 2.97. The summed E-state index contributed by atoms with van der Waals surface area (Å²) in [5.74, 6) is 0. The predicted molar refractivity (Wildman–Crippen MR) is 81.5 cm³/mol. The molecule has 18 heavy (non-hydrogen) atoms. The van der Waals surface area contributed by atoms with Crippen LogP contribution in [-0.2, 0) is 17.8 Å². The number of benzene rings is 1. The molecule has 0 radical (unpaired) electrons. The second kappa shape index (κ2) is 5.35. The minimum absolute atomic E-state index is 0.295. The fraction of sp³-hybridized carbons (Fsp3) is 0.500. The minimum Gasteiger partial charge on any atom is -0.591 e. The first-order valence-corrected chi connectivity index (χ1v) is 8.06. The summed E-state index contributed by atoms with van der Waals surface area (Å²) in [5.41, 5.74) is 3.47. The molecule has 0 fully saturated rings. The molecule has 1 aromatic carbocycles. The standard InChI is InChI=1S/C14H18BrNOS/c1-14(2,3)18(17)16-13-6-4-5-10-7-8-11(15)9-12(10)13/h7-9H,4-6H2,1-3H3/b16-13-. The van der Waals surface area contributed by atoms with Gasteiger partial charge in [0.15, 0.2) is 0 Å². The van der Waals surface area contributed by atoms with Gasteiger partial charge in [-0.05, 0) is 57.7 Å². The number of halogens is 1. The van der Waals surface area contributed by atoms with E-state index in [4.69, 9.17) is 0 Å². The third-order valence-corrected chi connectivity index (χ3v) is 4.89. The van der Waals surface area contributed by atoms with Crippen LogP contribution < -0.4 is 0 Å². The van der Waals surface area contributed by atoms with Gasteiger partial charge in [0.05, 0.1) is 5.71 Å². The number of hydrogen-bond acceptors (Lipinski definition) is 2. The SMILES string of the molecule is CC(C)(C)[S+]([O-])/N=C1/CCCc2ccc(Br)cc21. The summed E-state index contributed by atoms with van der Waals surface area (Å²) in [5, 5.41) is 0. The molecule has 1 unspecified atom stereocenters. The third-order valence-electron chi connectivity index (χ3n) is 2.96. The number of fused-ring (bicyclic) bond motifs is 1. The molecule has 0 heterocycles. The van der Waals surface area contributed by atoms with E-state index in [0.717, 1.165) is 35.0 Å². The summed E-state index contributed by atoms with van der Waals surface area (Å²) in [6.07, 6.45) is 3.10. The van der Waals surface area contributed by atoms with Gasteiger partial charge in [-0.25, -0.2) is 0 Å². The molecule has 0 N–H and O–H groups in total. The zero-order valence-electron chi connectivity index (χ0n) is 11.0. The van der Waals surface area contributed by atoms with Crippen LogP contribution in [0.4, 0.5) is 0 Å². The van der Waals surface area contributed by atoms with Crippen molar-refractivity contribution in [1.29, 1.82) is 0 Å². The third kappa shape index (κ3) is 3.16. The Labute approximate surface area is 120 Å². The van der Waals surface area contributed by atoms with Crippen molar-refractivity contribution in [2.45, 2.75) is 44.8 Å². The lowest BCUT2D eigenvalue weighted by molar-refractivity contribution is 0.561. The van der Waals surface area contributed by atoms with Crippen LogP contribution in [0.1, 0.15) is 44.7 Å². The molecular weight excluding hydrogens is 310 g/mol. The molecule has 1 atom stereocenters. The van der Waals surface area contributed by atoms with Crippen molar-refractivity contribution in [1.82, 2.24) is 0 Å². The maximum absolute atomic E-state index is 12.1. The normalized spacial score (nSPS) is 19.7. The molecule has 2 rings (SSSR count). The van der Waals surface area contributed by atoms with Gasteiger partial charge in [-0.15, -0.1) is 0 Å². The smallest absolute Gasteiger partial charge is 0.144 e.